The first-order chi connectivity index (χ1) is 12.5. The molecule has 26 heavy (non-hydrogen) atoms. The number of phenols is 1. The molecule has 1 fully saturated rings. The second-order valence-electron chi connectivity index (χ2n) is 6.82. The number of nitrogens with one attached hydrogen (secondary N) is 1. The number of hydrogen-bond acceptors (Lipinski definition) is 3. The van der Waals surface area contributed by atoms with Crippen LogP contribution in [0.2, 0.25) is 5.02 Å². The number of hydrogen-bond donors (Lipinski definition) is 2. The van der Waals surface area contributed by atoms with Gasteiger partial charge in [-0.3, -0.25) is 4.79 Å². The van der Waals surface area contributed by atoms with Gasteiger partial charge in [0, 0.05) is 42.5 Å². The van der Waals surface area contributed by atoms with Crippen LogP contribution in [0.3, 0.4) is 0 Å². The Kier molecular flexibility index (Phi) is 6.01. The molecule has 5 nitrogen and oxygen atoms in total. The molecule has 2 aromatic rings. The lowest BCUT2D eigenvalue weighted by molar-refractivity contribution is -0.885. The van der Waals surface area contributed by atoms with E-state index in [0.717, 1.165) is 53.9 Å². The summed E-state index contributed by atoms with van der Waals surface area (Å²) in [5.41, 5.74) is 2.22. The topological polar surface area (TPSA) is 48.2 Å². The highest BCUT2D eigenvalue weighted by atomic mass is 35.5. The van der Waals surface area contributed by atoms with E-state index in [0.29, 0.717) is 6.54 Å². The van der Waals surface area contributed by atoms with Crippen LogP contribution in [0.15, 0.2) is 48.5 Å². The molecule has 0 aromatic heterocycles. The van der Waals surface area contributed by atoms with Crippen LogP contribution in [0.1, 0.15) is 5.56 Å². The molecule has 1 aliphatic rings. The molecule has 138 valence electrons. The van der Waals surface area contributed by atoms with E-state index in [1.54, 1.807) is 12.1 Å². The number of amides is 1. The van der Waals surface area contributed by atoms with Gasteiger partial charge in [0.25, 0.3) is 5.91 Å². The highest BCUT2D eigenvalue weighted by molar-refractivity contribution is 6.30. The molecule has 1 unspecified atom stereocenters. The van der Waals surface area contributed by atoms with E-state index in [2.05, 4.69) is 4.90 Å². The lowest BCUT2D eigenvalue weighted by atomic mass is 10.2. The largest absolute Gasteiger partial charge is 0.508 e. The quantitative estimate of drug-likeness (QED) is 0.832. The lowest BCUT2D eigenvalue weighted by Crippen LogP contribution is -3.09. The average Bonchev–Trinajstić information content (AvgIpc) is 2.62. The molecule has 0 saturated carbocycles. The van der Waals surface area contributed by atoms with Crippen molar-refractivity contribution < 1.29 is 14.8 Å². The standard InChI is InChI=1S/C20H24ClN3O2/c1-22(14-16-3-2-4-17(21)13-16)15-20(26)24-11-9-23(10-12-24)18-5-7-19(25)8-6-18/h2-8,13,25H,9-12,14-15H2,1H3/p+1. The van der Waals surface area contributed by atoms with E-state index in [4.69, 9.17) is 11.6 Å². The van der Waals surface area contributed by atoms with Gasteiger partial charge in [-0.05, 0) is 36.4 Å². The number of aromatic hydroxyl groups is 1. The smallest absolute Gasteiger partial charge is 0.277 e. The Morgan fingerprint density at radius 3 is 2.46 bits per heavy atom. The predicted octanol–water partition coefficient (Wildman–Crippen LogP) is 1.41. The van der Waals surface area contributed by atoms with Gasteiger partial charge in [0.2, 0.25) is 0 Å². The van der Waals surface area contributed by atoms with Crippen molar-refractivity contribution in [1.29, 1.82) is 0 Å². The van der Waals surface area contributed by atoms with E-state index in [9.17, 15) is 9.90 Å². The summed E-state index contributed by atoms with van der Waals surface area (Å²) in [5, 5.41) is 10.1. The minimum Gasteiger partial charge on any atom is -0.508 e. The van der Waals surface area contributed by atoms with Gasteiger partial charge < -0.3 is 19.8 Å². The molecular formula is C20H25ClN3O2+. The molecular weight excluding hydrogens is 350 g/mol. The molecule has 1 saturated heterocycles. The molecule has 1 atom stereocenters. The van der Waals surface area contributed by atoms with Gasteiger partial charge in [-0.1, -0.05) is 23.7 Å². The van der Waals surface area contributed by atoms with Gasteiger partial charge in [-0.2, -0.15) is 0 Å². The summed E-state index contributed by atoms with van der Waals surface area (Å²) in [7, 11) is 2.03. The first-order valence-electron chi connectivity index (χ1n) is 8.89. The second-order valence-corrected chi connectivity index (χ2v) is 7.26. The normalized spacial score (nSPS) is 15.8. The molecule has 0 bridgehead atoms. The van der Waals surface area contributed by atoms with E-state index >= 15 is 0 Å². The second kappa shape index (κ2) is 8.43. The Morgan fingerprint density at radius 1 is 1.12 bits per heavy atom. The van der Waals surface area contributed by atoms with E-state index < -0.39 is 0 Å². The van der Waals surface area contributed by atoms with Crippen molar-refractivity contribution in [3.8, 4) is 5.75 Å². The maximum Gasteiger partial charge on any atom is 0.277 e. The van der Waals surface area contributed by atoms with E-state index in [-0.39, 0.29) is 11.7 Å². The summed E-state index contributed by atoms with van der Waals surface area (Å²) in [5.74, 6) is 0.461. The minimum atomic E-state index is 0.190. The Morgan fingerprint density at radius 2 is 1.81 bits per heavy atom. The first-order valence-corrected chi connectivity index (χ1v) is 9.26. The molecule has 2 aromatic carbocycles. The molecule has 0 radical (unpaired) electrons. The Bertz CT molecular complexity index is 743. The lowest BCUT2D eigenvalue weighted by Gasteiger charge is -2.36. The third-order valence-corrected chi connectivity index (χ3v) is 4.93. The maximum atomic E-state index is 12.6. The summed E-state index contributed by atoms with van der Waals surface area (Å²) in [6.45, 7) is 4.33. The number of quaternary nitrogens is 1. The van der Waals surface area contributed by atoms with Crippen LogP contribution in [0, 0.1) is 0 Å². The van der Waals surface area contributed by atoms with E-state index in [1.807, 2.05) is 48.3 Å². The van der Waals surface area contributed by atoms with Crippen LogP contribution in [0.4, 0.5) is 5.69 Å². The number of carbonyl (C=O) groups is 1. The number of piperazine rings is 1. The number of nitrogens with zero attached hydrogens (tertiary/aromatic N) is 2. The maximum absolute atomic E-state index is 12.6. The minimum absolute atomic E-state index is 0.190. The third kappa shape index (κ3) is 4.90. The van der Waals surface area contributed by atoms with Crippen molar-refractivity contribution in [1.82, 2.24) is 4.90 Å². The summed E-state index contributed by atoms with van der Waals surface area (Å²) < 4.78 is 0. The summed E-state index contributed by atoms with van der Waals surface area (Å²) >= 11 is 6.03. The summed E-state index contributed by atoms with van der Waals surface area (Å²) in [6, 6.07) is 15.0. The Balaban J connectivity index is 1.48. The van der Waals surface area contributed by atoms with Crippen LogP contribution >= 0.6 is 11.6 Å². The van der Waals surface area contributed by atoms with Gasteiger partial charge in [-0.15, -0.1) is 0 Å². The van der Waals surface area contributed by atoms with Gasteiger partial charge in [0.05, 0.1) is 7.05 Å². The number of phenolic OH excluding ortho intramolecular Hbond substituents is 1. The number of halogens is 1. The average molecular weight is 375 g/mol. The van der Waals surface area contributed by atoms with Crippen molar-refractivity contribution in [3.63, 3.8) is 0 Å². The van der Waals surface area contributed by atoms with Crippen molar-refractivity contribution in [2.75, 3.05) is 44.7 Å². The van der Waals surface area contributed by atoms with Crippen molar-refractivity contribution >= 4 is 23.2 Å². The molecule has 2 N–H and O–H groups in total. The number of rotatable bonds is 5. The SMILES string of the molecule is C[NH+](CC(=O)N1CCN(c2ccc(O)cc2)CC1)Cc1cccc(Cl)c1. The van der Waals surface area contributed by atoms with Gasteiger partial charge in [0.15, 0.2) is 6.54 Å². The summed E-state index contributed by atoms with van der Waals surface area (Å²) in [4.78, 5) is 17.9. The number of benzene rings is 2. The third-order valence-electron chi connectivity index (χ3n) is 4.70. The monoisotopic (exact) mass is 374 g/mol. The molecule has 1 heterocycles. The summed E-state index contributed by atoms with van der Waals surface area (Å²) in [6.07, 6.45) is 0. The zero-order valence-electron chi connectivity index (χ0n) is 15.0. The van der Waals surface area contributed by atoms with Crippen LogP contribution in [-0.4, -0.2) is 55.7 Å². The van der Waals surface area contributed by atoms with Crippen LogP contribution in [0.25, 0.3) is 0 Å². The number of carbonyl (C=O) groups excluding carboxylic acids is 1. The number of anilines is 1. The van der Waals surface area contributed by atoms with Crippen LogP contribution in [0.5, 0.6) is 5.75 Å². The highest BCUT2D eigenvalue weighted by Crippen LogP contribution is 2.19. The zero-order chi connectivity index (χ0) is 18.5. The molecule has 0 spiro atoms. The van der Waals surface area contributed by atoms with Gasteiger partial charge in [-0.25, -0.2) is 0 Å². The van der Waals surface area contributed by atoms with Crippen LogP contribution < -0.4 is 9.80 Å². The zero-order valence-corrected chi connectivity index (χ0v) is 15.7. The predicted molar refractivity (Wildman–Crippen MR) is 104 cm³/mol. The molecule has 0 aliphatic carbocycles. The molecule has 6 heteroatoms. The Hall–Kier alpha value is -2.24. The Labute approximate surface area is 159 Å². The fourth-order valence-electron chi connectivity index (χ4n) is 3.31. The molecule has 1 amide bonds. The molecule has 1 aliphatic heterocycles. The molecule has 3 rings (SSSR count). The fourth-order valence-corrected chi connectivity index (χ4v) is 3.52. The van der Waals surface area contributed by atoms with E-state index in [1.165, 1.54) is 0 Å². The highest BCUT2D eigenvalue weighted by Gasteiger charge is 2.23. The van der Waals surface area contributed by atoms with Gasteiger partial charge in [0.1, 0.15) is 12.3 Å². The van der Waals surface area contributed by atoms with Crippen LogP contribution in [-0.2, 0) is 11.3 Å². The fraction of sp³-hybridized carbons (Fsp3) is 0.350. The number of likely N-dealkylation sites (N-methyl/N-ethyl adjacent to an activating group) is 1. The first kappa shape index (κ1) is 18.5. The van der Waals surface area contributed by atoms with Crippen molar-refractivity contribution in [2.45, 2.75) is 6.54 Å². The van der Waals surface area contributed by atoms with Crippen molar-refractivity contribution in [2.24, 2.45) is 0 Å². The van der Waals surface area contributed by atoms with Gasteiger partial charge >= 0.3 is 0 Å². The van der Waals surface area contributed by atoms with Crippen molar-refractivity contribution in [3.05, 3.63) is 59.1 Å².